The number of halogens is 1. The molecular formula is C20H13BrN6O2S. The fourth-order valence-electron chi connectivity index (χ4n) is 2.67. The van der Waals surface area contributed by atoms with Gasteiger partial charge in [0.2, 0.25) is 0 Å². The second-order valence-electron chi connectivity index (χ2n) is 5.85. The predicted octanol–water partition coefficient (Wildman–Crippen LogP) is 6.29. The minimum absolute atomic E-state index is 0.0453. The summed E-state index contributed by atoms with van der Waals surface area (Å²) in [5.74, 6) is 0. The van der Waals surface area contributed by atoms with Crippen molar-refractivity contribution in [2.24, 2.45) is 10.2 Å². The third-order valence-electron chi connectivity index (χ3n) is 4.00. The molecule has 0 atom stereocenters. The maximum absolute atomic E-state index is 10.9. The number of nitriles is 2. The van der Waals surface area contributed by atoms with Gasteiger partial charge in [-0.1, -0.05) is 57.6 Å². The molecule has 1 aromatic heterocycles. The van der Waals surface area contributed by atoms with Crippen LogP contribution in [-0.2, 0) is 0 Å². The van der Waals surface area contributed by atoms with Crippen molar-refractivity contribution in [2.75, 3.05) is 17.2 Å². The Balaban J connectivity index is 2.10. The quantitative estimate of drug-likeness (QED) is 0.184. The molecule has 0 saturated carbocycles. The van der Waals surface area contributed by atoms with Gasteiger partial charge in [0.25, 0.3) is 5.69 Å². The number of thiophene rings is 1. The van der Waals surface area contributed by atoms with Crippen molar-refractivity contribution in [1.29, 1.82) is 10.5 Å². The first kappa shape index (κ1) is 21.1. The largest absolute Gasteiger partial charge is 0.375 e. The Kier molecular flexibility index (Phi) is 6.86. The molecule has 0 saturated heterocycles. The summed E-state index contributed by atoms with van der Waals surface area (Å²) in [6.07, 6.45) is 0. The molecule has 3 rings (SSSR count). The number of benzene rings is 2. The molecule has 0 aliphatic carbocycles. The second kappa shape index (κ2) is 9.74. The molecule has 0 bridgehead atoms. The van der Waals surface area contributed by atoms with Crippen molar-refractivity contribution in [1.82, 2.24) is 0 Å². The Labute approximate surface area is 184 Å². The molecule has 148 valence electrons. The van der Waals surface area contributed by atoms with Gasteiger partial charge < -0.3 is 5.32 Å². The van der Waals surface area contributed by atoms with Crippen molar-refractivity contribution in [2.45, 2.75) is 0 Å². The van der Waals surface area contributed by atoms with Gasteiger partial charge >= 0.3 is 0 Å². The van der Waals surface area contributed by atoms with Crippen molar-refractivity contribution < 1.29 is 4.92 Å². The molecule has 0 aliphatic heterocycles. The van der Waals surface area contributed by atoms with E-state index in [-0.39, 0.29) is 16.9 Å². The molecule has 0 spiro atoms. The lowest BCUT2D eigenvalue weighted by molar-refractivity contribution is -0.384. The molecule has 0 unspecified atom stereocenters. The van der Waals surface area contributed by atoms with Gasteiger partial charge in [-0.3, -0.25) is 10.1 Å². The first-order chi connectivity index (χ1) is 14.6. The lowest BCUT2D eigenvalue weighted by Crippen LogP contribution is -2.01. The highest BCUT2D eigenvalue weighted by Gasteiger charge is 2.20. The lowest BCUT2D eigenvalue weighted by atomic mass is 10.0. The van der Waals surface area contributed by atoms with Gasteiger partial charge in [-0.15, -0.1) is 10.2 Å². The van der Waals surface area contributed by atoms with Crippen molar-refractivity contribution in [3.05, 3.63) is 69.8 Å². The van der Waals surface area contributed by atoms with Crippen molar-refractivity contribution in [3.8, 4) is 23.3 Å². The number of hydrogen-bond donors (Lipinski definition) is 1. The maximum Gasteiger partial charge on any atom is 0.270 e. The van der Waals surface area contributed by atoms with Crippen molar-refractivity contribution in [3.63, 3.8) is 0 Å². The zero-order valence-corrected chi connectivity index (χ0v) is 17.8. The van der Waals surface area contributed by atoms with Crippen LogP contribution in [0.1, 0.15) is 11.1 Å². The number of nitrogens with zero attached hydrogens (tertiary/aromatic N) is 5. The highest BCUT2D eigenvalue weighted by molar-refractivity contribution is 9.09. The smallest absolute Gasteiger partial charge is 0.270 e. The number of rotatable bonds is 7. The van der Waals surface area contributed by atoms with Crippen LogP contribution >= 0.6 is 27.3 Å². The summed E-state index contributed by atoms with van der Waals surface area (Å²) < 4.78 is 0. The van der Waals surface area contributed by atoms with Gasteiger partial charge in [0.05, 0.1) is 16.1 Å². The summed E-state index contributed by atoms with van der Waals surface area (Å²) >= 11 is 4.64. The number of anilines is 1. The zero-order chi connectivity index (χ0) is 21.5. The maximum atomic E-state index is 10.9. The molecule has 0 aliphatic rings. The van der Waals surface area contributed by atoms with E-state index in [4.69, 9.17) is 0 Å². The number of alkyl halides is 1. The number of nitro groups is 1. The number of hydrogen-bond acceptors (Lipinski definition) is 8. The molecule has 1 N–H and O–H groups in total. The van der Waals surface area contributed by atoms with E-state index in [1.807, 2.05) is 36.4 Å². The molecule has 10 heteroatoms. The van der Waals surface area contributed by atoms with Crippen molar-refractivity contribution >= 4 is 48.6 Å². The van der Waals surface area contributed by atoms with Gasteiger partial charge in [0.15, 0.2) is 0 Å². The summed E-state index contributed by atoms with van der Waals surface area (Å²) in [5, 5.41) is 43.5. The Morgan fingerprint density at radius 3 is 2.53 bits per heavy atom. The Morgan fingerprint density at radius 2 is 1.90 bits per heavy atom. The van der Waals surface area contributed by atoms with E-state index in [9.17, 15) is 20.6 Å². The lowest BCUT2D eigenvalue weighted by Gasteiger charge is -2.02. The molecule has 0 amide bonds. The topological polar surface area (TPSA) is 127 Å². The molecule has 0 radical (unpaired) electrons. The number of nitrogens with one attached hydrogen (secondary N) is 1. The Bertz CT molecular complexity index is 1190. The van der Waals surface area contributed by atoms with Gasteiger partial charge in [-0.2, -0.15) is 10.5 Å². The summed E-state index contributed by atoms with van der Waals surface area (Å²) in [6.45, 7) is 0.626. The molecule has 2 aromatic carbocycles. The van der Waals surface area contributed by atoms with Crippen LogP contribution in [0.25, 0.3) is 11.1 Å². The Morgan fingerprint density at radius 1 is 1.13 bits per heavy atom. The Hall–Kier alpha value is -3.60. The monoisotopic (exact) mass is 480 g/mol. The highest BCUT2D eigenvalue weighted by atomic mass is 79.9. The molecule has 3 aromatic rings. The fraction of sp³-hybridized carbons (Fsp3) is 0.100. The molecule has 8 nitrogen and oxygen atoms in total. The molecular weight excluding hydrogens is 468 g/mol. The van der Waals surface area contributed by atoms with Crippen LogP contribution in [0.15, 0.2) is 58.8 Å². The standard InChI is InChI=1S/C20H13BrN6O2S/c21-8-9-24-19-16(12-23)18(13-4-2-1-3-5-13)20(30-19)26-25-17-7-6-15(27(28)29)10-14(17)11-22/h1-7,10,24H,8-9H2. The minimum atomic E-state index is -0.574. The number of non-ortho nitro benzene ring substituents is 1. The van der Waals surface area contributed by atoms with Gasteiger partial charge in [-0.05, 0) is 11.6 Å². The summed E-state index contributed by atoms with van der Waals surface area (Å²) in [5.41, 5.74) is 1.98. The van der Waals surface area contributed by atoms with E-state index in [0.717, 1.165) is 11.6 Å². The van der Waals surface area contributed by atoms with Gasteiger partial charge in [-0.25, -0.2) is 0 Å². The number of azo groups is 1. The minimum Gasteiger partial charge on any atom is -0.375 e. The summed E-state index contributed by atoms with van der Waals surface area (Å²) in [4.78, 5) is 10.3. The van der Waals surface area contributed by atoms with E-state index in [1.54, 1.807) is 0 Å². The third kappa shape index (κ3) is 4.51. The van der Waals surface area contributed by atoms with Crippen LogP contribution in [0.3, 0.4) is 0 Å². The second-order valence-corrected chi connectivity index (χ2v) is 7.64. The van der Waals surface area contributed by atoms with Gasteiger partial charge in [0.1, 0.15) is 27.8 Å². The average molecular weight is 481 g/mol. The van der Waals surface area contributed by atoms with E-state index in [1.165, 1.54) is 23.5 Å². The van der Waals surface area contributed by atoms with E-state index in [2.05, 4.69) is 37.5 Å². The summed E-state index contributed by atoms with van der Waals surface area (Å²) in [7, 11) is 0. The van der Waals surface area contributed by atoms with Crippen LogP contribution in [0.4, 0.5) is 21.4 Å². The van der Waals surface area contributed by atoms with E-state index < -0.39 is 4.92 Å². The molecule has 30 heavy (non-hydrogen) atoms. The predicted molar refractivity (Wildman–Crippen MR) is 119 cm³/mol. The van der Waals surface area contributed by atoms with Gasteiger partial charge in [0, 0.05) is 29.6 Å². The fourth-order valence-corrected chi connectivity index (χ4v) is 3.89. The molecule has 0 fully saturated rings. The highest BCUT2D eigenvalue weighted by Crippen LogP contribution is 2.46. The number of nitro benzene ring substituents is 1. The first-order valence-corrected chi connectivity index (χ1v) is 10.5. The van der Waals surface area contributed by atoms with Crippen LogP contribution in [0, 0.1) is 32.8 Å². The van der Waals surface area contributed by atoms with Crippen LogP contribution in [-0.4, -0.2) is 16.8 Å². The first-order valence-electron chi connectivity index (χ1n) is 8.61. The summed E-state index contributed by atoms with van der Waals surface area (Å²) in [6, 6.07) is 17.3. The van der Waals surface area contributed by atoms with Crippen LogP contribution in [0.5, 0.6) is 0 Å². The van der Waals surface area contributed by atoms with E-state index >= 15 is 0 Å². The molecule has 1 heterocycles. The van der Waals surface area contributed by atoms with E-state index in [0.29, 0.717) is 33.0 Å². The van der Waals surface area contributed by atoms with Crippen LogP contribution in [0.2, 0.25) is 0 Å². The average Bonchev–Trinajstić information content (AvgIpc) is 3.13. The van der Waals surface area contributed by atoms with Crippen LogP contribution < -0.4 is 5.32 Å². The normalized spacial score (nSPS) is 10.5. The third-order valence-corrected chi connectivity index (χ3v) is 5.43. The SMILES string of the molecule is N#Cc1cc([N+](=O)[O-])ccc1N=Nc1sc(NCCBr)c(C#N)c1-c1ccccc1. The zero-order valence-electron chi connectivity index (χ0n) is 15.4.